The number of nitrogens with one attached hydrogen (secondary N) is 2. The molecule has 2 heterocycles. The second-order valence-corrected chi connectivity index (χ2v) is 11.1. The first-order valence-corrected chi connectivity index (χ1v) is 13.9. The van der Waals surface area contributed by atoms with Crippen LogP contribution in [0.3, 0.4) is 0 Å². The highest BCUT2D eigenvalue weighted by molar-refractivity contribution is 6.01. The van der Waals surface area contributed by atoms with E-state index in [0.29, 0.717) is 19.5 Å². The molecule has 1 fully saturated rings. The Hall–Kier alpha value is -4.86. The van der Waals surface area contributed by atoms with Gasteiger partial charge in [-0.3, -0.25) is 19.8 Å². The van der Waals surface area contributed by atoms with Gasteiger partial charge in [0.15, 0.2) is 0 Å². The molecule has 3 N–H and O–H groups in total. The summed E-state index contributed by atoms with van der Waals surface area (Å²) in [5.41, 5.74) is 1.90. The molecule has 0 radical (unpaired) electrons. The summed E-state index contributed by atoms with van der Waals surface area (Å²) in [6, 6.07) is 15.5. The first-order chi connectivity index (χ1) is 21.1. The fourth-order valence-electron chi connectivity index (χ4n) is 4.47. The average Bonchev–Trinajstić information content (AvgIpc) is 3.65. The minimum Gasteiger partial charge on any atom is -0.475 e. The van der Waals surface area contributed by atoms with Gasteiger partial charge in [0.05, 0.1) is 11.7 Å². The Morgan fingerprint density at radius 3 is 2.29 bits per heavy atom. The van der Waals surface area contributed by atoms with Crippen LogP contribution in [-0.4, -0.2) is 84.5 Å². The summed E-state index contributed by atoms with van der Waals surface area (Å²) in [5.74, 6) is -3.73. The van der Waals surface area contributed by atoms with Gasteiger partial charge >= 0.3 is 18.2 Å². The molecule has 4 rings (SSSR count). The third-order valence-corrected chi connectivity index (χ3v) is 6.41. The van der Waals surface area contributed by atoms with Crippen LogP contribution >= 0.6 is 0 Å². The molecule has 2 atom stereocenters. The summed E-state index contributed by atoms with van der Waals surface area (Å²) in [5, 5.41) is 23.7. The van der Waals surface area contributed by atoms with Gasteiger partial charge in [0.1, 0.15) is 18.0 Å². The van der Waals surface area contributed by atoms with Crippen LogP contribution < -0.4 is 10.6 Å². The first kappa shape index (κ1) is 34.6. The van der Waals surface area contributed by atoms with Crippen LogP contribution in [0, 0.1) is 0 Å². The van der Waals surface area contributed by atoms with Crippen molar-refractivity contribution in [2.75, 3.05) is 6.54 Å². The fraction of sp³-hybridized carbons (Fsp3) is 0.414. The number of amides is 3. The van der Waals surface area contributed by atoms with Gasteiger partial charge in [-0.15, -0.1) is 5.10 Å². The highest BCUT2D eigenvalue weighted by atomic mass is 19.4. The number of tetrazole rings is 1. The molecule has 2 aromatic carbocycles. The van der Waals surface area contributed by atoms with Gasteiger partial charge in [-0.05, 0) is 67.8 Å². The number of carbonyl (C=O) groups excluding carboxylic acids is 3. The predicted octanol–water partition coefficient (Wildman–Crippen LogP) is 3.04. The van der Waals surface area contributed by atoms with Crippen molar-refractivity contribution in [2.24, 2.45) is 0 Å². The lowest BCUT2D eigenvalue weighted by molar-refractivity contribution is -0.192. The normalized spacial score (nSPS) is 15.7. The molecule has 1 aliphatic heterocycles. The largest absolute Gasteiger partial charge is 0.490 e. The number of benzene rings is 2. The van der Waals surface area contributed by atoms with Gasteiger partial charge in [0.25, 0.3) is 0 Å². The number of imide groups is 1. The molecular weight excluding hydrogens is 599 g/mol. The van der Waals surface area contributed by atoms with E-state index in [1.807, 2.05) is 59.5 Å². The van der Waals surface area contributed by atoms with E-state index in [0.717, 1.165) is 23.2 Å². The molecule has 0 spiro atoms. The molecule has 1 aliphatic rings. The van der Waals surface area contributed by atoms with E-state index in [1.165, 1.54) is 6.33 Å². The van der Waals surface area contributed by atoms with E-state index in [-0.39, 0.29) is 6.42 Å². The number of rotatable bonds is 8. The van der Waals surface area contributed by atoms with Crippen molar-refractivity contribution < 1.29 is 42.2 Å². The van der Waals surface area contributed by atoms with Crippen molar-refractivity contribution in [1.82, 2.24) is 35.7 Å². The number of ether oxygens (including phenoxy) is 1. The molecule has 0 bridgehead atoms. The molecule has 1 saturated heterocycles. The Bertz CT molecular complexity index is 1450. The maximum absolute atomic E-state index is 13.3. The maximum Gasteiger partial charge on any atom is 0.490 e. The van der Waals surface area contributed by atoms with Gasteiger partial charge in [-0.2, -0.15) is 13.2 Å². The second kappa shape index (κ2) is 15.2. The highest BCUT2D eigenvalue weighted by Crippen LogP contribution is 2.23. The van der Waals surface area contributed by atoms with E-state index in [1.54, 1.807) is 25.5 Å². The first-order valence-electron chi connectivity index (χ1n) is 13.9. The van der Waals surface area contributed by atoms with Crippen molar-refractivity contribution in [3.05, 3.63) is 72.1 Å². The number of aliphatic carboxylic acids is 1. The molecular formula is C29H34F3N7O6. The van der Waals surface area contributed by atoms with Crippen LogP contribution in [0.25, 0.3) is 5.69 Å². The monoisotopic (exact) mass is 633 g/mol. The molecule has 1 aromatic heterocycles. The third-order valence-electron chi connectivity index (χ3n) is 6.41. The van der Waals surface area contributed by atoms with Crippen LogP contribution in [0.1, 0.15) is 44.7 Å². The van der Waals surface area contributed by atoms with E-state index in [4.69, 9.17) is 14.6 Å². The number of halogens is 3. The van der Waals surface area contributed by atoms with Gasteiger partial charge < -0.3 is 15.2 Å². The zero-order chi connectivity index (χ0) is 33.2. The summed E-state index contributed by atoms with van der Waals surface area (Å²) < 4.78 is 38.7. The zero-order valence-corrected chi connectivity index (χ0v) is 24.8. The van der Waals surface area contributed by atoms with Gasteiger partial charge in [0.2, 0.25) is 11.8 Å². The standard InChI is InChI=1S/C27H33N7O4.C2HF3O2/c1-27(2,3)38-26(37)29-21(16-19-10-5-4-6-11-19)24(35)30-25(36)23-14-9-15-33(23)17-20-12-7-8-13-22(20)34-18-28-31-32-34;3-2(4,5)1(6)7/h4-8,10-13,18,21,23H,9,14-17H2,1-3H3,(H,29,37)(H,30,35,36);(H,6,7)/t21-,23+;/m1./s1. The molecule has 0 aliphatic carbocycles. The Balaban J connectivity index is 0.000000707. The van der Waals surface area contributed by atoms with E-state index in [2.05, 4.69) is 26.2 Å². The molecule has 0 unspecified atom stereocenters. The van der Waals surface area contributed by atoms with Crippen LogP contribution in [0.5, 0.6) is 0 Å². The number of hydrogen-bond acceptors (Lipinski definition) is 9. The summed E-state index contributed by atoms with van der Waals surface area (Å²) >= 11 is 0. The van der Waals surface area contributed by atoms with E-state index in [9.17, 15) is 27.6 Å². The number of carboxylic acids is 1. The summed E-state index contributed by atoms with van der Waals surface area (Å²) in [6.07, 6.45) is -2.62. The topological polar surface area (TPSA) is 169 Å². The number of carboxylic acid groups (broad SMARTS) is 1. The smallest absolute Gasteiger partial charge is 0.475 e. The average molecular weight is 634 g/mol. The Labute approximate surface area is 256 Å². The molecule has 13 nitrogen and oxygen atoms in total. The Morgan fingerprint density at radius 1 is 1.04 bits per heavy atom. The molecule has 45 heavy (non-hydrogen) atoms. The third kappa shape index (κ3) is 11.0. The van der Waals surface area contributed by atoms with Crippen molar-refractivity contribution in [3.63, 3.8) is 0 Å². The van der Waals surface area contributed by atoms with Crippen molar-refractivity contribution in [1.29, 1.82) is 0 Å². The van der Waals surface area contributed by atoms with Crippen LogP contribution in [0.2, 0.25) is 0 Å². The number of hydrogen-bond donors (Lipinski definition) is 3. The number of aromatic nitrogens is 4. The quantitative estimate of drug-likeness (QED) is 0.335. The van der Waals surface area contributed by atoms with Gasteiger partial charge in [-0.25, -0.2) is 14.3 Å². The zero-order valence-electron chi connectivity index (χ0n) is 24.8. The minimum atomic E-state index is -5.08. The summed E-state index contributed by atoms with van der Waals surface area (Å²) in [6.45, 7) is 6.43. The Kier molecular flexibility index (Phi) is 11.7. The summed E-state index contributed by atoms with van der Waals surface area (Å²) in [7, 11) is 0. The number of alkyl halides is 3. The fourth-order valence-corrected chi connectivity index (χ4v) is 4.47. The minimum absolute atomic E-state index is 0.215. The van der Waals surface area contributed by atoms with Crippen molar-refractivity contribution in [3.8, 4) is 5.69 Å². The number of nitrogens with zero attached hydrogens (tertiary/aromatic N) is 5. The van der Waals surface area contributed by atoms with Crippen LogP contribution in [0.15, 0.2) is 60.9 Å². The lowest BCUT2D eigenvalue weighted by Gasteiger charge is -2.26. The SMILES string of the molecule is CC(C)(C)OC(=O)N[C@H](Cc1ccccc1)C(=O)NC(=O)[C@@H]1CCCN1Cc1ccccc1-n1cnnn1.O=C(O)C(F)(F)F. The van der Waals surface area contributed by atoms with Gasteiger partial charge in [-0.1, -0.05) is 48.5 Å². The Morgan fingerprint density at radius 2 is 1.69 bits per heavy atom. The molecule has 242 valence electrons. The number of carbonyl (C=O) groups is 4. The molecule has 3 amide bonds. The van der Waals surface area contributed by atoms with Gasteiger partial charge in [0, 0.05) is 13.0 Å². The highest BCUT2D eigenvalue weighted by Gasteiger charge is 2.38. The molecule has 0 saturated carbocycles. The predicted molar refractivity (Wildman–Crippen MR) is 153 cm³/mol. The van der Waals surface area contributed by atoms with Crippen LogP contribution in [-0.2, 0) is 32.1 Å². The number of para-hydroxylation sites is 1. The van der Waals surface area contributed by atoms with E-state index < -0.39 is 47.7 Å². The van der Waals surface area contributed by atoms with Crippen molar-refractivity contribution in [2.45, 2.75) is 70.4 Å². The lowest BCUT2D eigenvalue weighted by atomic mass is 10.0. The molecule has 3 aromatic rings. The molecule has 16 heteroatoms. The summed E-state index contributed by atoms with van der Waals surface area (Å²) in [4.78, 5) is 49.9. The lowest BCUT2D eigenvalue weighted by Crippen LogP contribution is -2.53. The van der Waals surface area contributed by atoms with Crippen molar-refractivity contribution >= 4 is 23.9 Å². The second-order valence-electron chi connectivity index (χ2n) is 11.1. The number of alkyl carbamates (subject to hydrolysis) is 1. The van der Waals surface area contributed by atoms with Crippen LogP contribution in [0.4, 0.5) is 18.0 Å². The van der Waals surface area contributed by atoms with E-state index >= 15 is 0 Å². The number of likely N-dealkylation sites (tertiary alicyclic amines) is 1. The maximum atomic E-state index is 13.3.